The van der Waals surface area contributed by atoms with Crippen molar-refractivity contribution in [2.75, 3.05) is 13.7 Å². The van der Waals surface area contributed by atoms with Crippen molar-refractivity contribution in [1.82, 2.24) is 5.32 Å². The second-order valence-electron chi connectivity index (χ2n) is 3.86. The van der Waals surface area contributed by atoms with Crippen LogP contribution in [0.5, 0.6) is 0 Å². The van der Waals surface area contributed by atoms with Crippen molar-refractivity contribution >= 4 is 0 Å². The maximum absolute atomic E-state index is 11.8. The number of methoxy groups -OCH3 is 1. The first-order valence-corrected chi connectivity index (χ1v) is 5.18. The van der Waals surface area contributed by atoms with Crippen molar-refractivity contribution in [3.05, 3.63) is 0 Å². The van der Waals surface area contributed by atoms with Crippen LogP contribution in [0.2, 0.25) is 0 Å². The minimum atomic E-state index is -4.03. The molecule has 0 aliphatic carbocycles. The Morgan fingerprint density at radius 3 is 2.33 bits per heavy atom. The molecule has 0 aromatic carbocycles. The summed E-state index contributed by atoms with van der Waals surface area (Å²) < 4.78 is 40.5. The highest BCUT2D eigenvalue weighted by Gasteiger charge is 2.26. The highest BCUT2D eigenvalue weighted by molar-refractivity contribution is 4.64. The first kappa shape index (κ1) is 14.7. The Kier molecular flexibility index (Phi) is 6.92. The summed E-state index contributed by atoms with van der Waals surface area (Å²) in [7, 11) is 1.61. The average Bonchev–Trinajstić information content (AvgIpc) is 2.12. The van der Waals surface area contributed by atoms with Crippen molar-refractivity contribution < 1.29 is 17.9 Å². The second-order valence-corrected chi connectivity index (χ2v) is 3.86. The largest absolute Gasteiger partial charge is 0.389 e. The zero-order valence-electron chi connectivity index (χ0n) is 9.53. The van der Waals surface area contributed by atoms with Crippen LogP contribution in [0.4, 0.5) is 13.2 Å². The third-order valence-electron chi connectivity index (χ3n) is 2.25. The quantitative estimate of drug-likeness (QED) is 0.722. The average molecular weight is 227 g/mol. The van der Waals surface area contributed by atoms with E-state index in [0.29, 0.717) is 13.0 Å². The molecule has 0 spiro atoms. The second kappa shape index (κ2) is 7.06. The number of alkyl halides is 3. The zero-order chi connectivity index (χ0) is 11.9. The molecule has 0 amide bonds. The Bertz CT molecular complexity index is 161. The Labute approximate surface area is 89.2 Å². The first-order valence-electron chi connectivity index (χ1n) is 5.18. The standard InChI is InChI=1S/C10H20F3NO/c1-8(14-7-9(2)15-3)5-4-6-10(11,12)13/h8-9,14H,4-7H2,1-3H3. The van der Waals surface area contributed by atoms with Gasteiger partial charge in [-0.3, -0.25) is 0 Å². The van der Waals surface area contributed by atoms with E-state index in [0.717, 1.165) is 0 Å². The third-order valence-corrected chi connectivity index (χ3v) is 2.25. The molecule has 2 unspecified atom stereocenters. The molecule has 2 nitrogen and oxygen atoms in total. The van der Waals surface area contributed by atoms with Gasteiger partial charge in [0.25, 0.3) is 0 Å². The van der Waals surface area contributed by atoms with E-state index in [1.807, 2.05) is 13.8 Å². The fourth-order valence-electron chi connectivity index (χ4n) is 1.16. The van der Waals surface area contributed by atoms with E-state index in [1.54, 1.807) is 7.11 Å². The number of halogens is 3. The van der Waals surface area contributed by atoms with Gasteiger partial charge in [-0.25, -0.2) is 0 Å². The van der Waals surface area contributed by atoms with E-state index >= 15 is 0 Å². The van der Waals surface area contributed by atoms with Gasteiger partial charge in [0.2, 0.25) is 0 Å². The summed E-state index contributed by atoms with van der Waals surface area (Å²) in [4.78, 5) is 0. The number of nitrogens with one attached hydrogen (secondary N) is 1. The summed E-state index contributed by atoms with van der Waals surface area (Å²) in [5, 5.41) is 3.13. The minimum Gasteiger partial charge on any atom is -0.380 e. The smallest absolute Gasteiger partial charge is 0.380 e. The lowest BCUT2D eigenvalue weighted by molar-refractivity contribution is -0.135. The van der Waals surface area contributed by atoms with Gasteiger partial charge in [-0.1, -0.05) is 0 Å². The number of rotatable bonds is 7. The van der Waals surface area contributed by atoms with Gasteiger partial charge in [-0.15, -0.1) is 0 Å². The molecule has 1 N–H and O–H groups in total. The zero-order valence-corrected chi connectivity index (χ0v) is 9.53. The summed E-state index contributed by atoms with van der Waals surface area (Å²) in [5.74, 6) is 0. The lowest BCUT2D eigenvalue weighted by Crippen LogP contribution is -2.33. The molecule has 0 saturated carbocycles. The van der Waals surface area contributed by atoms with E-state index in [4.69, 9.17) is 4.74 Å². The number of hydrogen-bond acceptors (Lipinski definition) is 2. The molecule has 2 atom stereocenters. The third kappa shape index (κ3) is 10.0. The molecular formula is C10H20F3NO. The Morgan fingerprint density at radius 2 is 1.87 bits per heavy atom. The SMILES string of the molecule is COC(C)CNC(C)CCCC(F)(F)F. The molecule has 0 bridgehead atoms. The van der Waals surface area contributed by atoms with E-state index in [1.165, 1.54) is 0 Å². The minimum absolute atomic E-state index is 0.0927. The Morgan fingerprint density at radius 1 is 1.27 bits per heavy atom. The van der Waals surface area contributed by atoms with Crippen LogP contribution in [0.15, 0.2) is 0 Å². The molecule has 0 fully saturated rings. The van der Waals surface area contributed by atoms with E-state index in [-0.39, 0.29) is 18.6 Å². The topological polar surface area (TPSA) is 21.3 Å². The Hall–Kier alpha value is -0.290. The molecule has 0 aromatic rings. The molecule has 0 rings (SSSR count). The van der Waals surface area contributed by atoms with Crippen molar-refractivity contribution in [1.29, 1.82) is 0 Å². The van der Waals surface area contributed by atoms with E-state index in [2.05, 4.69) is 5.32 Å². The molecule has 92 valence electrons. The van der Waals surface area contributed by atoms with Crippen LogP contribution in [0, 0.1) is 0 Å². The van der Waals surface area contributed by atoms with Crippen LogP contribution in [0.25, 0.3) is 0 Å². The summed E-state index contributed by atoms with van der Waals surface area (Å²) in [6.07, 6.45) is -3.91. The molecular weight excluding hydrogens is 207 g/mol. The van der Waals surface area contributed by atoms with Crippen LogP contribution >= 0.6 is 0 Å². The van der Waals surface area contributed by atoms with Gasteiger partial charge in [-0.2, -0.15) is 13.2 Å². The van der Waals surface area contributed by atoms with Gasteiger partial charge in [0.05, 0.1) is 6.10 Å². The van der Waals surface area contributed by atoms with Crippen LogP contribution in [-0.4, -0.2) is 32.0 Å². The lowest BCUT2D eigenvalue weighted by Gasteiger charge is -2.17. The van der Waals surface area contributed by atoms with Gasteiger partial charge in [-0.05, 0) is 26.7 Å². The van der Waals surface area contributed by atoms with Crippen molar-refractivity contribution in [2.45, 2.75) is 51.4 Å². The predicted molar refractivity (Wildman–Crippen MR) is 53.8 cm³/mol. The normalized spacial score (nSPS) is 16.4. The molecule has 0 radical (unpaired) electrons. The van der Waals surface area contributed by atoms with Gasteiger partial charge < -0.3 is 10.1 Å². The fourth-order valence-corrected chi connectivity index (χ4v) is 1.16. The summed E-state index contributed by atoms with van der Waals surface area (Å²) >= 11 is 0. The highest BCUT2D eigenvalue weighted by atomic mass is 19.4. The maximum atomic E-state index is 11.8. The Balaban J connectivity index is 3.45. The monoisotopic (exact) mass is 227 g/mol. The summed E-state index contributed by atoms with van der Waals surface area (Å²) in [6.45, 7) is 4.47. The first-order chi connectivity index (χ1) is 6.85. The van der Waals surface area contributed by atoms with Gasteiger partial charge >= 0.3 is 6.18 Å². The predicted octanol–water partition coefficient (Wildman–Crippen LogP) is 2.73. The molecule has 0 aromatic heterocycles. The number of ether oxygens (including phenoxy) is 1. The van der Waals surface area contributed by atoms with Gasteiger partial charge in [0, 0.05) is 26.1 Å². The number of hydrogen-bond donors (Lipinski definition) is 1. The highest BCUT2D eigenvalue weighted by Crippen LogP contribution is 2.22. The maximum Gasteiger partial charge on any atom is 0.389 e. The summed E-state index contributed by atoms with van der Waals surface area (Å²) in [5.41, 5.74) is 0. The van der Waals surface area contributed by atoms with Crippen molar-refractivity contribution in [3.8, 4) is 0 Å². The fraction of sp³-hybridized carbons (Fsp3) is 1.00. The molecule has 0 aliphatic heterocycles. The van der Waals surface area contributed by atoms with E-state index < -0.39 is 12.6 Å². The lowest BCUT2D eigenvalue weighted by atomic mass is 10.1. The molecule has 15 heavy (non-hydrogen) atoms. The van der Waals surface area contributed by atoms with Crippen molar-refractivity contribution in [2.24, 2.45) is 0 Å². The molecule has 0 aliphatic rings. The van der Waals surface area contributed by atoms with Gasteiger partial charge in [0.1, 0.15) is 0 Å². The van der Waals surface area contributed by atoms with Crippen LogP contribution in [0.1, 0.15) is 33.1 Å². The van der Waals surface area contributed by atoms with E-state index in [9.17, 15) is 13.2 Å². The summed E-state index contributed by atoms with van der Waals surface area (Å²) in [6, 6.07) is 0.102. The van der Waals surface area contributed by atoms with Crippen LogP contribution in [-0.2, 0) is 4.74 Å². The molecule has 0 heterocycles. The van der Waals surface area contributed by atoms with Crippen LogP contribution < -0.4 is 5.32 Å². The molecule has 5 heteroatoms. The molecule has 0 saturated heterocycles. The van der Waals surface area contributed by atoms with Crippen molar-refractivity contribution in [3.63, 3.8) is 0 Å². The van der Waals surface area contributed by atoms with Crippen LogP contribution in [0.3, 0.4) is 0 Å². The van der Waals surface area contributed by atoms with Gasteiger partial charge in [0.15, 0.2) is 0 Å².